The van der Waals surface area contributed by atoms with Crippen molar-refractivity contribution in [2.75, 3.05) is 37.6 Å². The van der Waals surface area contributed by atoms with Gasteiger partial charge in [-0.2, -0.15) is 0 Å². The second-order valence-corrected chi connectivity index (χ2v) is 7.76. The number of aromatic nitrogens is 1. The van der Waals surface area contributed by atoms with Crippen LogP contribution in [0, 0.1) is 6.92 Å². The van der Waals surface area contributed by atoms with Crippen LogP contribution in [0.25, 0.3) is 0 Å². The van der Waals surface area contributed by atoms with Gasteiger partial charge in [0.05, 0.1) is 6.54 Å². The first kappa shape index (κ1) is 19.5. The minimum absolute atomic E-state index is 0.0606. The number of pyridine rings is 1. The van der Waals surface area contributed by atoms with Gasteiger partial charge in [0.15, 0.2) is 0 Å². The van der Waals surface area contributed by atoms with Crippen molar-refractivity contribution >= 4 is 29.2 Å². The number of ether oxygens (including phenoxy) is 1. The third-order valence-corrected chi connectivity index (χ3v) is 5.42. The standard InChI is InChI=1S/C21H23ClN4O3/c1-15-4-2-7-19(23-15)29-18-8-9-24(13-18)20(27)14-25-10-11-26(21(25)28)17-6-3-5-16(22)12-17/h2-7,12,18H,8-11,13-14H2,1H3/t18-/m0/s1. The Bertz CT molecular complexity index is 922. The highest BCUT2D eigenvalue weighted by molar-refractivity contribution is 6.30. The van der Waals surface area contributed by atoms with Crippen LogP contribution in [0.5, 0.6) is 5.88 Å². The Morgan fingerprint density at radius 1 is 1.21 bits per heavy atom. The molecule has 0 unspecified atom stereocenters. The van der Waals surface area contributed by atoms with Gasteiger partial charge in [0.2, 0.25) is 11.8 Å². The number of hydrogen-bond donors (Lipinski definition) is 0. The Hall–Kier alpha value is -2.80. The van der Waals surface area contributed by atoms with E-state index >= 15 is 0 Å². The number of rotatable bonds is 5. The van der Waals surface area contributed by atoms with E-state index in [2.05, 4.69) is 4.98 Å². The predicted octanol–water partition coefficient (Wildman–Crippen LogP) is 2.97. The molecule has 3 heterocycles. The van der Waals surface area contributed by atoms with E-state index in [1.807, 2.05) is 37.3 Å². The first-order valence-corrected chi connectivity index (χ1v) is 10.1. The first-order chi connectivity index (χ1) is 14.0. The van der Waals surface area contributed by atoms with Gasteiger partial charge in [-0.25, -0.2) is 9.78 Å². The fraction of sp³-hybridized carbons (Fsp3) is 0.381. The molecule has 152 valence electrons. The average molecular weight is 415 g/mol. The molecule has 0 N–H and O–H groups in total. The normalized spacial score (nSPS) is 19.2. The topological polar surface area (TPSA) is 66.0 Å². The zero-order chi connectivity index (χ0) is 20.4. The minimum atomic E-state index is -0.170. The highest BCUT2D eigenvalue weighted by atomic mass is 35.5. The number of hydrogen-bond acceptors (Lipinski definition) is 4. The van der Waals surface area contributed by atoms with Gasteiger partial charge in [-0.3, -0.25) is 9.69 Å². The van der Waals surface area contributed by atoms with Crippen LogP contribution in [0.2, 0.25) is 5.02 Å². The van der Waals surface area contributed by atoms with E-state index in [1.165, 1.54) is 0 Å². The Morgan fingerprint density at radius 3 is 2.83 bits per heavy atom. The predicted molar refractivity (Wildman–Crippen MR) is 110 cm³/mol. The average Bonchev–Trinajstić information content (AvgIpc) is 3.29. The Kier molecular flexibility index (Phi) is 5.58. The number of carbonyl (C=O) groups excluding carboxylic acids is 2. The van der Waals surface area contributed by atoms with Crippen molar-refractivity contribution in [3.8, 4) is 5.88 Å². The van der Waals surface area contributed by atoms with Crippen LogP contribution in [-0.2, 0) is 4.79 Å². The third kappa shape index (κ3) is 4.45. The second kappa shape index (κ2) is 8.29. The van der Waals surface area contributed by atoms with Gasteiger partial charge in [-0.1, -0.05) is 23.7 Å². The van der Waals surface area contributed by atoms with E-state index in [9.17, 15) is 9.59 Å². The van der Waals surface area contributed by atoms with Gasteiger partial charge in [0.25, 0.3) is 0 Å². The smallest absolute Gasteiger partial charge is 0.325 e. The van der Waals surface area contributed by atoms with E-state index in [4.69, 9.17) is 16.3 Å². The van der Waals surface area contributed by atoms with Gasteiger partial charge < -0.3 is 14.5 Å². The molecule has 1 aromatic heterocycles. The molecular weight excluding hydrogens is 392 g/mol. The molecule has 8 heteroatoms. The zero-order valence-electron chi connectivity index (χ0n) is 16.3. The van der Waals surface area contributed by atoms with Gasteiger partial charge in [0.1, 0.15) is 12.6 Å². The van der Waals surface area contributed by atoms with Crippen molar-refractivity contribution in [3.05, 3.63) is 53.2 Å². The molecular formula is C21H23ClN4O3. The van der Waals surface area contributed by atoms with E-state index in [-0.39, 0.29) is 24.6 Å². The largest absolute Gasteiger partial charge is 0.472 e. The lowest BCUT2D eigenvalue weighted by molar-refractivity contribution is -0.130. The highest BCUT2D eigenvalue weighted by Gasteiger charge is 2.34. The Morgan fingerprint density at radius 2 is 2.03 bits per heavy atom. The van der Waals surface area contributed by atoms with Crippen LogP contribution in [-0.4, -0.2) is 65.5 Å². The number of halogens is 1. The number of urea groups is 1. The van der Waals surface area contributed by atoms with Crippen LogP contribution < -0.4 is 9.64 Å². The summed E-state index contributed by atoms with van der Waals surface area (Å²) < 4.78 is 5.91. The quantitative estimate of drug-likeness (QED) is 0.754. The second-order valence-electron chi connectivity index (χ2n) is 7.32. The lowest BCUT2D eigenvalue weighted by Gasteiger charge is -2.22. The molecule has 1 atom stereocenters. The summed E-state index contributed by atoms with van der Waals surface area (Å²) in [6, 6.07) is 12.7. The molecule has 2 aromatic rings. The molecule has 0 radical (unpaired) electrons. The molecule has 2 saturated heterocycles. The minimum Gasteiger partial charge on any atom is -0.472 e. The summed E-state index contributed by atoms with van der Waals surface area (Å²) in [6.07, 6.45) is 0.676. The van der Waals surface area contributed by atoms with Crippen molar-refractivity contribution in [3.63, 3.8) is 0 Å². The summed E-state index contributed by atoms with van der Waals surface area (Å²) >= 11 is 6.03. The molecule has 2 aliphatic rings. The Labute approximate surface area is 174 Å². The molecule has 3 amide bonds. The first-order valence-electron chi connectivity index (χ1n) is 9.70. The van der Waals surface area contributed by atoms with Gasteiger partial charge in [-0.05, 0) is 31.2 Å². The number of likely N-dealkylation sites (tertiary alicyclic amines) is 1. The molecule has 1 aromatic carbocycles. The maximum atomic E-state index is 12.7. The molecule has 2 aliphatic heterocycles. The number of nitrogens with zero attached hydrogens (tertiary/aromatic N) is 4. The molecule has 7 nitrogen and oxygen atoms in total. The number of aryl methyl sites for hydroxylation is 1. The number of amides is 3. The van der Waals surface area contributed by atoms with E-state index in [0.717, 1.165) is 17.8 Å². The fourth-order valence-corrected chi connectivity index (χ4v) is 3.87. The van der Waals surface area contributed by atoms with Crippen molar-refractivity contribution in [1.29, 1.82) is 0 Å². The summed E-state index contributed by atoms with van der Waals surface area (Å²) in [4.78, 5) is 34.8. The van der Waals surface area contributed by atoms with Crippen molar-refractivity contribution < 1.29 is 14.3 Å². The summed E-state index contributed by atoms with van der Waals surface area (Å²) in [6.45, 7) is 4.17. The van der Waals surface area contributed by atoms with Crippen LogP contribution in [0.15, 0.2) is 42.5 Å². The molecule has 0 spiro atoms. The molecule has 4 rings (SSSR count). The monoisotopic (exact) mass is 414 g/mol. The van der Waals surface area contributed by atoms with Crippen molar-refractivity contribution in [2.24, 2.45) is 0 Å². The van der Waals surface area contributed by atoms with Gasteiger partial charge >= 0.3 is 6.03 Å². The maximum Gasteiger partial charge on any atom is 0.325 e. The van der Waals surface area contributed by atoms with Crippen LogP contribution in [0.4, 0.5) is 10.5 Å². The van der Waals surface area contributed by atoms with Crippen LogP contribution >= 0.6 is 11.6 Å². The highest BCUT2D eigenvalue weighted by Crippen LogP contribution is 2.24. The number of anilines is 1. The molecule has 2 fully saturated rings. The lowest BCUT2D eigenvalue weighted by Crippen LogP contribution is -2.42. The van der Waals surface area contributed by atoms with E-state index < -0.39 is 0 Å². The lowest BCUT2D eigenvalue weighted by atomic mass is 10.3. The zero-order valence-corrected chi connectivity index (χ0v) is 17.0. The van der Waals surface area contributed by atoms with Crippen molar-refractivity contribution in [1.82, 2.24) is 14.8 Å². The van der Waals surface area contributed by atoms with Gasteiger partial charge in [0, 0.05) is 48.5 Å². The van der Waals surface area contributed by atoms with E-state index in [0.29, 0.717) is 37.1 Å². The van der Waals surface area contributed by atoms with Crippen molar-refractivity contribution in [2.45, 2.75) is 19.4 Å². The summed E-state index contributed by atoms with van der Waals surface area (Å²) in [5, 5.41) is 0.580. The number of carbonyl (C=O) groups is 2. The van der Waals surface area contributed by atoms with Gasteiger partial charge in [-0.15, -0.1) is 0 Å². The Balaban J connectivity index is 1.31. The molecule has 0 bridgehead atoms. The van der Waals surface area contributed by atoms with E-state index in [1.54, 1.807) is 26.8 Å². The SMILES string of the molecule is Cc1cccc(O[C@H]2CCN(C(=O)CN3CCN(c4cccc(Cl)c4)C3=O)C2)n1. The number of benzene rings is 1. The summed E-state index contributed by atoms with van der Waals surface area (Å²) in [7, 11) is 0. The molecule has 0 saturated carbocycles. The maximum absolute atomic E-state index is 12.7. The van der Waals surface area contributed by atoms with Crippen LogP contribution in [0.3, 0.4) is 0 Å². The third-order valence-electron chi connectivity index (χ3n) is 5.19. The van der Waals surface area contributed by atoms with Crippen LogP contribution in [0.1, 0.15) is 12.1 Å². The summed E-state index contributed by atoms with van der Waals surface area (Å²) in [5.41, 5.74) is 1.64. The fourth-order valence-electron chi connectivity index (χ4n) is 3.68. The molecule has 29 heavy (non-hydrogen) atoms. The molecule has 0 aliphatic carbocycles. The summed E-state index contributed by atoms with van der Waals surface area (Å²) in [5.74, 6) is 0.519.